The highest BCUT2D eigenvalue weighted by Crippen LogP contribution is 2.21. The maximum absolute atomic E-state index is 11.8. The predicted octanol–water partition coefficient (Wildman–Crippen LogP) is 2.76. The number of nitrogens with zero attached hydrogens (tertiary/aromatic N) is 2. The first-order chi connectivity index (χ1) is 10.2. The van der Waals surface area contributed by atoms with Gasteiger partial charge in [0, 0.05) is 5.75 Å². The standard InChI is InChI=1S/C10H10F4N2O3S3/c11-7(12)3-1-5-21(17)9-15-16-10(20-9)22(18,19)6-2-4-8(13)14/h3-4H,1-2,5-6H2. The largest absolute Gasteiger partial charge is 0.266 e. The van der Waals surface area contributed by atoms with Crippen molar-refractivity contribution in [1.82, 2.24) is 10.2 Å². The summed E-state index contributed by atoms with van der Waals surface area (Å²) in [6.07, 6.45) is -3.36. The van der Waals surface area contributed by atoms with Crippen LogP contribution in [0.2, 0.25) is 0 Å². The first-order valence-electron chi connectivity index (χ1n) is 5.69. The normalized spacial score (nSPS) is 12.7. The van der Waals surface area contributed by atoms with Crippen molar-refractivity contribution in [2.75, 3.05) is 11.5 Å². The Balaban J connectivity index is 2.72. The monoisotopic (exact) mass is 378 g/mol. The van der Waals surface area contributed by atoms with Crippen LogP contribution in [0.3, 0.4) is 0 Å². The summed E-state index contributed by atoms with van der Waals surface area (Å²) in [6, 6.07) is 0. The highest BCUT2D eigenvalue weighted by atomic mass is 32.2. The lowest BCUT2D eigenvalue weighted by molar-refractivity contribution is 0.417. The van der Waals surface area contributed by atoms with Crippen molar-refractivity contribution in [2.45, 2.75) is 21.5 Å². The van der Waals surface area contributed by atoms with E-state index in [0.29, 0.717) is 23.5 Å². The third kappa shape index (κ3) is 6.32. The minimum Gasteiger partial charge on any atom is -0.252 e. The Bertz CT molecular complexity index is 692. The number of hydrogen-bond acceptors (Lipinski definition) is 6. The molecule has 0 saturated heterocycles. The van der Waals surface area contributed by atoms with Crippen LogP contribution in [0.1, 0.15) is 12.8 Å². The summed E-state index contributed by atoms with van der Waals surface area (Å²) >= 11 is 0.539. The highest BCUT2D eigenvalue weighted by Gasteiger charge is 2.21. The molecule has 0 aliphatic carbocycles. The van der Waals surface area contributed by atoms with Gasteiger partial charge < -0.3 is 0 Å². The topological polar surface area (TPSA) is 77.0 Å². The molecule has 0 fully saturated rings. The summed E-state index contributed by atoms with van der Waals surface area (Å²) in [5.74, 6) is -0.733. The SMILES string of the molecule is O=S(CCC=C(F)F)c1nnc(S(=O)(=O)CCC=C(F)F)s1. The molecule has 124 valence electrons. The van der Waals surface area contributed by atoms with Gasteiger partial charge in [-0.1, -0.05) is 11.3 Å². The number of rotatable bonds is 8. The van der Waals surface area contributed by atoms with Crippen LogP contribution in [0.4, 0.5) is 17.6 Å². The fourth-order valence-electron chi connectivity index (χ4n) is 1.19. The molecule has 1 heterocycles. The van der Waals surface area contributed by atoms with Gasteiger partial charge in [0.25, 0.3) is 12.2 Å². The molecule has 22 heavy (non-hydrogen) atoms. The molecule has 0 aromatic carbocycles. The van der Waals surface area contributed by atoms with E-state index in [0.717, 1.165) is 0 Å². The van der Waals surface area contributed by atoms with Crippen LogP contribution >= 0.6 is 11.3 Å². The van der Waals surface area contributed by atoms with Gasteiger partial charge in [-0.05, 0) is 25.0 Å². The van der Waals surface area contributed by atoms with E-state index in [9.17, 15) is 30.2 Å². The van der Waals surface area contributed by atoms with Crippen LogP contribution in [-0.2, 0) is 20.6 Å². The average molecular weight is 378 g/mol. The lowest BCUT2D eigenvalue weighted by atomic mass is 10.5. The van der Waals surface area contributed by atoms with Crippen LogP contribution in [0.5, 0.6) is 0 Å². The van der Waals surface area contributed by atoms with Gasteiger partial charge in [0.05, 0.1) is 16.6 Å². The summed E-state index contributed by atoms with van der Waals surface area (Å²) in [6.45, 7) is 0. The molecule has 0 amide bonds. The molecule has 0 aliphatic heterocycles. The molecule has 5 nitrogen and oxygen atoms in total. The number of allylic oxidation sites excluding steroid dienone is 2. The molecule has 1 aromatic heterocycles. The summed E-state index contributed by atoms with van der Waals surface area (Å²) in [7, 11) is -5.66. The Morgan fingerprint density at radius 2 is 1.68 bits per heavy atom. The van der Waals surface area contributed by atoms with Crippen molar-refractivity contribution in [1.29, 1.82) is 0 Å². The van der Waals surface area contributed by atoms with Crippen molar-refractivity contribution < 1.29 is 30.2 Å². The zero-order valence-corrected chi connectivity index (χ0v) is 13.3. The smallest absolute Gasteiger partial charge is 0.252 e. The van der Waals surface area contributed by atoms with Crippen LogP contribution in [0, 0.1) is 0 Å². The van der Waals surface area contributed by atoms with Gasteiger partial charge in [0.15, 0.2) is 0 Å². The minimum absolute atomic E-state index is 0.113. The van der Waals surface area contributed by atoms with Crippen LogP contribution in [0.15, 0.2) is 33.0 Å². The second-order valence-electron chi connectivity index (χ2n) is 3.77. The van der Waals surface area contributed by atoms with Crippen LogP contribution < -0.4 is 0 Å². The summed E-state index contributed by atoms with van der Waals surface area (Å²) in [5, 5.41) is 6.81. The average Bonchev–Trinajstić information content (AvgIpc) is 2.87. The first-order valence-corrected chi connectivity index (χ1v) is 9.48. The highest BCUT2D eigenvalue weighted by molar-refractivity contribution is 7.94. The van der Waals surface area contributed by atoms with Crippen molar-refractivity contribution in [2.24, 2.45) is 0 Å². The van der Waals surface area contributed by atoms with Gasteiger partial charge in [0.1, 0.15) is 0 Å². The molecule has 1 rings (SSSR count). The lowest BCUT2D eigenvalue weighted by Crippen LogP contribution is -2.05. The molecule has 12 heteroatoms. The molecular formula is C10H10F4N2O3S3. The van der Waals surface area contributed by atoms with Gasteiger partial charge in [-0.2, -0.15) is 17.6 Å². The summed E-state index contributed by atoms with van der Waals surface area (Å²) in [4.78, 5) is 0. The molecule has 0 saturated carbocycles. The fraction of sp³-hybridized carbons (Fsp3) is 0.400. The number of hydrogen-bond donors (Lipinski definition) is 0. The third-order valence-electron chi connectivity index (χ3n) is 2.14. The van der Waals surface area contributed by atoms with E-state index in [-0.39, 0.29) is 22.9 Å². The van der Waals surface area contributed by atoms with Crippen molar-refractivity contribution in [3.05, 3.63) is 24.3 Å². The van der Waals surface area contributed by atoms with Crippen molar-refractivity contribution >= 4 is 32.0 Å². The third-order valence-corrected chi connectivity index (χ3v) is 6.93. The molecule has 1 aromatic rings. The molecule has 1 atom stereocenters. The molecule has 0 N–H and O–H groups in total. The number of sulfone groups is 1. The van der Waals surface area contributed by atoms with E-state index in [1.165, 1.54) is 0 Å². The van der Waals surface area contributed by atoms with Crippen molar-refractivity contribution in [3.8, 4) is 0 Å². The number of aromatic nitrogens is 2. The van der Waals surface area contributed by atoms with E-state index in [2.05, 4.69) is 10.2 Å². The minimum atomic E-state index is -3.90. The van der Waals surface area contributed by atoms with Gasteiger partial charge in [-0.3, -0.25) is 4.21 Å². The van der Waals surface area contributed by atoms with Gasteiger partial charge in [-0.15, -0.1) is 10.2 Å². The Labute approximate surface area is 130 Å². The maximum Gasteiger partial charge on any atom is 0.266 e. The quantitative estimate of drug-likeness (QED) is 0.650. The molecule has 0 spiro atoms. The summed E-state index contributed by atoms with van der Waals surface area (Å²) < 4.78 is 82.0. The molecule has 0 aliphatic rings. The Hall–Kier alpha value is -1.14. The molecular weight excluding hydrogens is 368 g/mol. The zero-order valence-electron chi connectivity index (χ0n) is 10.8. The second kappa shape index (κ2) is 8.48. The van der Waals surface area contributed by atoms with E-state index in [1.807, 2.05) is 0 Å². The van der Waals surface area contributed by atoms with Gasteiger partial charge in [0.2, 0.25) is 18.5 Å². The number of halogens is 4. The Morgan fingerprint density at radius 1 is 1.09 bits per heavy atom. The maximum atomic E-state index is 11.8. The second-order valence-corrected chi connectivity index (χ2v) is 8.77. The molecule has 0 radical (unpaired) electrons. The molecule has 1 unspecified atom stereocenters. The van der Waals surface area contributed by atoms with Crippen LogP contribution in [-0.4, -0.2) is 34.3 Å². The first kappa shape index (κ1) is 18.9. The van der Waals surface area contributed by atoms with E-state index >= 15 is 0 Å². The van der Waals surface area contributed by atoms with E-state index in [1.54, 1.807) is 0 Å². The Morgan fingerprint density at radius 3 is 2.27 bits per heavy atom. The molecule has 0 bridgehead atoms. The lowest BCUT2D eigenvalue weighted by Gasteiger charge is -1.96. The van der Waals surface area contributed by atoms with E-state index < -0.39 is 42.9 Å². The zero-order chi connectivity index (χ0) is 16.8. The van der Waals surface area contributed by atoms with Crippen LogP contribution in [0.25, 0.3) is 0 Å². The summed E-state index contributed by atoms with van der Waals surface area (Å²) in [5.41, 5.74) is 0. The Kier molecular flexibility index (Phi) is 7.29. The van der Waals surface area contributed by atoms with Gasteiger partial charge in [-0.25, -0.2) is 8.42 Å². The predicted molar refractivity (Wildman–Crippen MR) is 73.1 cm³/mol. The van der Waals surface area contributed by atoms with E-state index in [4.69, 9.17) is 0 Å². The van der Waals surface area contributed by atoms with Crippen molar-refractivity contribution in [3.63, 3.8) is 0 Å². The van der Waals surface area contributed by atoms with Gasteiger partial charge >= 0.3 is 0 Å². The fourth-order valence-corrected chi connectivity index (χ4v) is 4.92.